The standard InChI is InChI=1S/C39H39N3O4/c1-27(32-22-21-29-15-11-12-20-33(29)25-32)41-37(43)35(24-23-34(40)39(45)46-26-28-13-5-2-6-14-28)42-38(44)36(30-16-7-3-8-17-30)31-18-9-4-10-19-31/h2-22,25,27,34-36H,23-24,26,40H2,1H3,(H,41,43)(H,42,44)/t27?,34-,35+/m0/s1. The molecule has 0 aliphatic rings. The van der Waals surface area contributed by atoms with E-state index in [4.69, 9.17) is 10.5 Å². The number of carbonyl (C=O) groups excluding carboxylic acids is 3. The van der Waals surface area contributed by atoms with E-state index >= 15 is 0 Å². The van der Waals surface area contributed by atoms with Crippen molar-refractivity contribution in [1.29, 1.82) is 0 Å². The zero-order valence-electron chi connectivity index (χ0n) is 25.8. The molecule has 3 atom stereocenters. The molecule has 7 nitrogen and oxygen atoms in total. The van der Waals surface area contributed by atoms with Crippen LogP contribution in [0, 0.1) is 0 Å². The number of nitrogens with one attached hydrogen (secondary N) is 2. The molecular formula is C39H39N3O4. The van der Waals surface area contributed by atoms with Gasteiger partial charge in [-0.1, -0.05) is 127 Å². The van der Waals surface area contributed by atoms with Crippen molar-refractivity contribution >= 4 is 28.6 Å². The molecule has 5 aromatic rings. The van der Waals surface area contributed by atoms with Gasteiger partial charge in [-0.25, -0.2) is 0 Å². The molecule has 0 saturated heterocycles. The third-order valence-corrected chi connectivity index (χ3v) is 8.09. The van der Waals surface area contributed by atoms with Gasteiger partial charge in [-0.05, 0) is 58.9 Å². The Morgan fingerprint density at radius 3 is 1.83 bits per heavy atom. The van der Waals surface area contributed by atoms with Gasteiger partial charge in [0, 0.05) is 0 Å². The molecule has 0 fully saturated rings. The molecule has 5 aromatic carbocycles. The maximum atomic E-state index is 14.0. The number of nitrogens with two attached hydrogens (primary N) is 1. The summed E-state index contributed by atoms with van der Waals surface area (Å²) in [6.07, 6.45) is 0.275. The molecule has 0 saturated carbocycles. The van der Waals surface area contributed by atoms with Crippen LogP contribution >= 0.6 is 0 Å². The van der Waals surface area contributed by atoms with E-state index in [1.165, 1.54) is 0 Å². The fourth-order valence-corrected chi connectivity index (χ4v) is 5.48. The Morgan fingerprint density at radius 1 is 0.630 bits per heavy atom. The second-order valence-corrected chi connectivity index (χ2v) is 11.4. The van der Waals surface area contributed by atoms with Crippen LogP contribution in [0.2, 0.25) is 0 Å². The minimum atomic E-state index is -0.965. The molecule has 1 unspecified atom stereocenters. The predicted octanol–water partition coefficient (Wildman–Crippen LogP) is 6.18. The SMILES string of the molecule is CC(NC(=O)[C@@H](CC[C@H](N)C(=O)OCc1ccccc1)NC(=O)C(c1ccccc1)c1ccccc1)c1ccc2ccccc2c1. The minimum Gasteiger partial charge on any atom is -0.460 e. The summed E-state index contributed by atoms with van der Waals surface area (Å²) in [5, 5.41) is 8.24. The number of amides is 2. The summed E-state index contributed by atoms with van der Waals surface area (Å²) in [5.74, 6) is -1.89. The molecule has 234 valence electrons. The molecule has 0 radical (unpaired) electrons. The Bertz CT molecular complexity index is 1710. The Labute approximate surface area is 269 Å². The molecule has 0 spiro atoms. The molecular weight excluding hydrogens is 574 g/mol. The zero-order chi connectivity index (χ0) is 32.3. The van der Waals surface area contributed by atoms with E-state index in [0.717, 1.165) is 33.0 Å². The highest BCUT2D eigenvalue weighted by molar-refractivity contribution is 5.92. The van der Waals surface area contributed by atoms with Crippen LogP contribution in [-0.4, -0.2) is 29.9 Å². The van der Waals surface area contributed by atoms with Crippen LogP contribution in [0.1, 0.15) is 54.0 Å². The number of hydrogen-bond acceptors (Lipinski definition) is 5. The maximum Gasteiger partial charge on any atom is 0.323 e. The number of ether oxygens (including phenoxy) is 1. The van der Waals surface area contributed by atoms with Gasteiger partial charge >= 0.3 is 5.97 Å². The summed E-state index contributed by atoms with van der Waals surface area (Å²) in [6, 6.07) is 40.1. The van der Waals surface area contributed by atoms with Crippen LogP contribution in [0.5, 0.6) is 0 Å². The minimum absolute atomic E-state index is 0.104. The Morgan fingerprint density at radius 2 is 1.20 bits per heavy atom. The molecule has 46 heavy (non-hydrogen) atoms. The molecule has 7 heteroatoms. The van der Waals surface area contributed by atoms with E-state index in [9.17, 15) is 14.4 Å². The van der Waals surface area contributed by atoms with Crippen LogP contribution in [0.15, 0.2) is 133 Å². The van der Waals surface area contributed by atoms with E-state index in [2.05, 4.69) is 10.6 Å². The average Bonchev–Trinajstić information content (AvgIpc) is 3.10. The smallest absolute Gasteiger partial charge is 0.323 e. The lowest BCUT2D eigenvalue weighted by atomic mass is 9.90. The third kappa shape index (κ3) is 8.46. The van der Waals surface area contributed by atoms with Gasteiger partial charge in [0.1, 0.15) is 18.7 Å². The largest absolute Gasteiger partial charge is 0.460 e. The lowest BCUT2D eigenvalue weighted by Gasteiger charge is -2.25. The van der Waals surface area contributed by atoms with Crippen molar-refractivity contribution in [3.8, 4) is 0 Å². The summed E-state index contributed by atoms with van der Waals surface area (Å²) in [6.45, 7) is 2.01. The molecule has 0 aliphatic heterocycles. The van der Waals surface area contributed by atoms with E-state index in [1.54, 1.807) is 0 Å². The van der Waals surface area contributed by atoms with Crippen molar-refractivity contribution in [1.82, 2.24) is 10.6 Å². The fourth-order valence-electron chi connectivity index (χ4n) is 5.48. The lowest BCUT2D eigenvalue weighted by molar-refractivity contribution is -0.146. The van der Waals surface area contributed by atoms with Crippen LogP contribution in [0.3, 0.4) is 0 Å². The topological polar surface area (TPSA) is 111 Å². The molecule has 5 rings (SSSR count). The highest BCUT2D eigenvalue weighted by atomic mass is 16.5. The Hall–Kier alpha value is -5.27. The third-order valence-electron chi connectivity index (χ3n) is 8.09. The van der Waals surface area contributed by atoms with Crippen LogP contribution in [0.4, 0.5) is 0 Å². The van der Waals surface area contributed by atoms with E-state index in [0.29, 0.717) is 0 Å². The van der Waals surface area contributed by atoms with Gasteiger partial charge in [-0.15, -0.1) is 0 Å². The molecule has 0 bridgehead atoms. The van der Waals surface area contributed by atoms with Gasteiger partial charge in [0.15, 0.2) is 0 Å². The number of esters is 1. The molecule has 0 aromatic heterocycles. The molecule has 0 aliphatic carbocycles. The summed E-state index contributed by atoms with van der Waals surface area (Å²) < 4.78 is 5.42. The lowest BCUT2D eigenvalue weighted by Crippen LogP contribution is -2.49. The monoisotopic (exact) mass is 613 g/mol. The summed E-state index contributed by atoms with van der Waals surface area (Å²) in [7, 11) is 0. The predicted molar refractivity (Wildman–Crippen MR) is 181 cm³/mol. The van der Waals surface area contributed by atoms with Crippen LogP contribution < -0.4 is 16.4 Å². The van der Waals surface area contributed by atoms with Gasteiger partial charge in [-0.2, -0.15) is 0 Å². The number of benzene rings is 5. The van der Waals surface area contributed by atoms with Crippen molar-refractivity contribution in [2.24, 2.45) is 5.73 Å². The van der Waals surface area contributed by atoms with Crippen molar-refractivity contribution in [3.63, 3.8) is 0 Å². The summed E-state index contributed by atoms with van der Waals surface area (Å²) in [5.41, 5.74) is 9.62. The van der Waals surface area contributed by atoms with Crippen molar-refractivity contribution < 1.29 is 19.1 Å². The second-order valence-electron chi connectivity index (χ2n) is 11.4. The van der Waals surface area contributed by atoms with Gasteiger partial charge in [0.05, 0.1) is 12.0 Å². The van der Waals surface area contributed by atoms with Gasteiger partial charge in [-0.3, -0.25) is 14.4 Å². The number of fused-ring (bicyclic) bond motifs is 1. The number of rotatable bonds is 13. The molecule has 4 N–H and O–H groups in total. The highest BCUT2D eigenvalue weighted by Gasteiger charge is 2.30. The highest BCUT2D eigenvalue weighted by Crippen LogP contribution is 2.26. The maximum absolute atomic E-state index is 14.0. The van der Waals surface area contributed by atoms with Gasteiger partial charge < -0.3 is 21.1 Å². The first-order valence-corrected chi connectivity index (χ1v) is 15.5. The Kier molecular flexibility index (Phi) is 10.9. The van der Waals surface area contributed by atoms with E-state index in [-0.39, 0.29) is 37.3 Å². The van der Waals surface area contributed by atoms with E-state index < -0.39 is 24.0 Å². The Balaban J connectivity index is 1.33. The molecule has 2 amide bonds. The van der Waals surface area contributed by atoms with Gasteiger partial charge in [0.2, 0.25) is 11.8 Å². The van der Waals surface area contributed by atoms with Crippen molar-refractivity contribution in [2.75, 3.05) is 0 Å². The first-order chi connectivity index (χ1) is 22.4. The summed E-state index contributed by atoms with van der Waals surface area (Å²) in [4.78, 5) is 40.6. The zero-order valence-corrected chi connectivity index (χ0v) is 25.8. The number of hydrogen-bond donors (Lipinski definition) is 3. The molecule has 0 heterocycles. The normalized spacial score (nSPS) is 13.0. The first-order valence-electron chi connectivity index (χ1n) is 15.5. The van der Waals surface area contributed by atoms with Crippen LogP contribution in [-0.2, 0) is 25.7 Å². The number of carbonyl (C=O) groups is 3. The quantitative estimate of drug-likeness (QED) is 0.137. The summed E-state index contributed by atoms with van der Waals surface area (Å²) >= 11 is 0. The fraction of sp³-hybridized carbons (Fsp3) is 0.205. The van der Waals surface area contributed by atoms with Gasteiger partial charge in [0.25, 0.3) is 0 Å². The second kappa shape index (κ2) is 15.6. The van der Waals surface area contributed by atoms with Crippen molar-refractivity contribution in [2.45, 2.75) is 50.4 Å². The average molecular weight is 614 g/mol. The first kappa shape index (κ1) is 32.1. The van der Waals surface area contributed by atoms with E-state index in [1.807, 2.05) is 140 Å². The van der Waals surface area contributed by atoms with Crippen molar-refractivity contribution in [3.05, 3.63) is 156 Å². The van der Waals surface area contributed by atoms with Crippen LogP contribution in [0.25, 0.3) is 10.8 Å².